The molecule has 2 rings (SSSR count). The van der Waals surface area contributed by atoms with Crippen LogP contribution in [0, 0.1) is 6.92 Å². The quantitative estimate of drug-likeness (QED) is 0.789. The molecule has 2 aromatic rings. The average Bonchev–Trinajstić information content (AvgIpc) is 2.82. The van der Waals surface area contributed by atoms with Gasteiger partial charge in [-0.05, 0) is 31.5 Å². The number of hydrogen-bond acceptors (Lipinski definition) is 2. The lowest BCUT2D eigenvalue weighted by atomic mass is 10.2. The minimum absolute atomic E-state index is 0.0804. The Balaban J connectivity index is 1.77. The highest BCUT2D eigenvalue weighted by Crippen LogP contribution is 2.30. The molecule has 0 aliphatic rings. The topological polar surface area (TPSA) is 59.0 Å². The van der Waals surface area contributed by atoms with Crippen LogP contribution < -0.4 is 10.6 Å². The molecule has 0 fully saturated rings. The molecule has 1 aromatic carbocycles. The highest BCUT2D eigenvalue weighted by Gasteiger charge is 2.30. The van der Waals surface area contributed by atoms with Crippen LogP contribution in [-0.4, -0.2) is 22.4 Å². The average molecular weight is 361 g/mol. The predicted octanol–water partition coefficient (Wildman–Crippen LogP) is 4.08. The van der Waals surface area contributed by atoms with Gasteiger partial charge in [0.2, 0.25) is 0 Å². The van der Waals surface area contributed by atoms with Gasteiger partial charge in [0.1, 0.15) is 0 Å². The van der Waals surface area contributed by atoms with Crippen molar-refractivity contribution in [2.45, 2.75) is 26.1 Å². The Labute approximate surface area is 141 Å². The molecule has 0 saturated carbocycles. The third-order valence-electron chi connectivity index (χ3n) is 3.18. The highest BCUT2D eigenvalue weighted by atomic mass is 35.5. The molecule has 0 aliphatic carbocycles. The summed E-state index contributed by atoms with van der Waals surface area (Å²) in [6, 6.07) is 3.89. The van der Waals surface area contributed by atoms with Gasteiger partial charge in [-0.2, -0.15) is 18.3 Å². The number of halogens is 4. The van der Waals surface area contributed by atoms with Crippen molar-refractivity contribution in [3.8, 4) is 0 Å². The summed E-state index contributed by atoms with van der Waals surface area (Å²) in [6.45, 7) is 2.71. The summed E-state index contributed by atoms with van der Waals surface area (Å²) in [5.74, 6) is 0. The molecule has 0 spiro atoms. The van der Waals surface area contributed by atoms with E-state index >= 15 is 0 Å². The van der Waals surface area contributed by atoms with Crippen LogP contribution in [0.15, 0.2) is 30.5 Å². The van der Waals surface area contributed by atoms with Crippen molar-refractivity contribution in [3.05, 3.63) is 46.7 Å². The lowest BCUT2D eigenvalue weighted by Gasteiger charge is -2.10. The van der Waals surface area contributed by atoms with Crippen molar-refractivity contribution < 1.29 is 18.0 Å². The Morgan fingerprint density at radius 2 is 2.12 bits per heavy atom. The number of nitrogens with zero attached hydrogens (tertiary/aromatic N) is 2. The van der Waals surface area contributed by atoms with E-state index in [4.69, 9.17) is 11.6 Å². The van der Waals surface area contributed by atoms with Gasteiger partial charge in [-0.3, -0.25) is 4.68 Å². The molecule has 5 nitrogen and oxygen atoms in total. The zero-order valence-electron chi connectivity index (χ0n) is 12.8. The molecule has 1 heterocycles. The van der Waals surface area contributed by atoms with Gasteiger partial charge in [-0.15, -0.1) is 0 Å². The molecule has 0 atom stereocenters. The maximum absolute atomic E-state index is 12.6. The van der Waals surface area contributed by atoms with E-state index in [0.29, 0.717) is 24.5 Å². The van der Waals surface area contributed by atoms with Crippen LogP contribution in [0.3, 0.4) is 0 Å². The summed E-state index contributed by atoms with van der Waals surface area (Å²) in [4.78, 5) is 11.7. The van der Waals surface area contributed by atoms with Crippen molar-refractivity contribution in [1.29, 1.82) is 0 Å². The van der Waals surface area contributed by atoms with Gasteiger partial charge in [0.15, 0.2) is 0 Å². The largest absolute Gasteiger partial charge is 0.416 e. The molecular formula is C15H16ClF3N4O. The minimum Gasteiger partial charge on any atom is -0.338 e. The number of aromatic nitrogens is 2. The Hall–Kier alpha value is -2.22. The van der Waals surface area contributed by atoms with Crippen LogP contribution in [0.2, 0.25) is 5.02 Å². The number of benzene rings is 1. The Morgan fingerprint density at radius 1 is 1.38 bits per heavy atom. The number of aryl methyl sites for hydroxylation is 2. The lowest BCUT2D eigenvalue weighted by Crippen LogP contribution is -2.30. The number of urea groups is 1. The zero-order valence-corrected chi connectivity index (χ0v) is 13.6. The highest BCUT2D eigenvalue weighted by molar-refractivity contribution is 6.31. The van der Waals surface area contributed by atoms with Crippen molar-refractivity contribution in [1.82, 2.24) is 15.1 Å². The molecule has 2 N–H and O–H groups in total. The smallest absolute Gasteiger partial charge is 0.338 e. The second kappa shape index (κ2) is 7.57. The number of carbonyl (C=O) groups is 1. The van der Waals surface area contributed by atoms with Crippen molar-refractivity contribution in [3.63, 3.8) is 0 Å². The van der Waals surface area contributed by atoms with E-state index in [1.165, 1.54) is 12.1 Å². The van der Waals surface area contributed by atoms with Gasteiger partial charge < -0.3 is 10.6 Å². The molecule has 0 unspecified atom stereocenters. The molecular weight excluding hydrogens is 345 g/mol. The molecule has 0 radical (unpaired) electrons. The fourth-order valence-electron chi connectivity index (χ4n) is 2.00. The molecule has 24 heavy (non-hydrogen) atoms. The van der Waals surface area contributed by atoms with E-state index in [1.54, 1.807) is 17.8 Å². The normalized spacial score (nSPS) is 11.4. The summed E-state index contributed by atoms with van der Waals surface area (Å²) in [5, 5.41) is 9.70. The standard InChI is InChI=1S/C15H16ClF3N4O/c1-10-13(16)9-23(22-10)7-3-6-20-14(24)21-12-5-2-4-11(8-12)15(17,18)19/h2,4-5,8-9H,3,6-7H2,1H3,(H2,20,21,24). The number of hydrogen-bond donors (Lipinski definition) is 2. The third kappa shape index (κ3) is 5.16. The number of nitrogens with one attached hydrogen (secondary N) is 2. The monoisotopic (exact) mass is 360 g/mol. The van der Waals surface area contributed by atoms with Crippen LogP contribution in [0.4, 0.5) is 23.7 Å². The first-order chi connectivity index (χ1) is 11.3. The van der Waals surface area contributed by atoms with Crippen molar-refractivity contribution in [2.24, 2.45) is 0 Å². The maximum Gasteiger partial charge on any atom is 0.416 e. The molecule has 9 heteroatoms. The molecule has 1 aromatic heterocycles. The molecule has 0 aliphatic heterocycles. The van der Waals surface area contributed by atoms with Gasteiger partial charge in [0.25, 0.3) is 0 Å². The number of alkyl halides is 3. The van der Waals surface area contributed by atoms with Crippen molar-refractivity contribution >= 4 is 23.3 Å². The lowest BCUT2D eigenvalue weighted by molar-refractivity contribution is -0.137. The van der Waals surface area contributed by atoms with Crippen molar-refractivity contribution in [2.75, 3.05) is 11.9 Å². The van der Waals surface area contributed by atoms with Gasteiger partial charge in [-0.25, -0.2) is 4.79 Å². The predicted molar refractivity (Wildman–Crippen MR) is 85.1 cm³/mol. The van der Waals surface area contributed by atoms with Gasteiger partial charge in [-0.1, -0.05) is 17.7 Å². The summed E-state index contributed by atoms with van der Waals surface area (Å²) in [7, 11) is 0. The molecule has 0 bridgehead atoms. The Kier molecular flexibility index (Phi) is 5.71. The van der Waals surface area contributed by atoms with Crippen LogP contribution in [0.1, 0.15) is 17.7 Å². The first kappa shape index (κ1) is 18.1. The number of amides is 2. The summed E-state index contributed by atoms with van der Waals surface area (Å²) in [6.07, 6.45) is -2.15. The second-order valence-electron chi connectivity index (χ2n) is 5.14. The Morgan fingerprint density at radius 3 is 2.75 bits per heavy atom. The van der Waals surface area contributed by atoms with Gasteiger partial charge >= 0.3 is 12.2 Å². The summed E-state index contributed by atoms with van der Waals surface area (Å²) >= 11 is 5.88. The summed E-state index contributed by atoms with van der Waals surface area (Å²) in [5.41, 5.74) is -0.00467. The van der Waals surface area contributed by atoms with Crippen LogP contribution >= 0.6 is 11.6 Å². The molecule has 130 valence electrons. The van der Waals surface area contributed by atoms with E-state index < -0.39 is 17.8 Å². The van der Waals surface area contributed by atoms with Crippen LogP contribution in [0.5, 0.6) is 0 Å². The summed E-state index contributed by atoms with van der Waals surface area (Å²) < 4.78 is 39.5. The molecule has 0 saturated heterocycles. The van der Waals surface area contributed by atoms with Crippen LogP contribution in [-0.2, 0) is 12.7 Å². The number of anilines is 1. The maximum atomic E-state index is 12.6. The fourth-order valence-corrected chi connectivity index (χ4v) is 2.15. The van der Waals surface area contributed by atoms with Gasteiger partial charge in [0.05, 0.1) is 16.3 Å². The van der Waals surface area contributed by atoms with E-state index in [-0.39, 0.29) is 5.69 Å². The van der Waals surface area contributed by atoms with E-state index in [2.05, 4.69) is 15.7 Å². The third-order valence-corrected chi connectivity index (χ3v) is 3.55. The van der Waals surface area contributed by atoms with Gasteiger partial charge in [0, 0.05) is 25.0 Å². The Bertz CT molecular complexity index is 695. The van der Waals surface area contributed by atoms with Crippen LogP contribution in [0.25, 0.3) is 0 Å². The second-order valence-corrected chi connectivity index (χ2v) is 5.55. The first-order valence-electron chi connectivity index (χ1n) is 7.17. The number of rotatable bonds is 5. The van der Waals surface area contributed by atoms with E-state index in [9.17, 15) is 18.0 Å². The zero-order chi connectivity index (χ0) is 17.7. The SMILES string of the molecule is Cc1nn(CCCNC(=O)Nc2cccc(C(F)(F)F)c2)cc1Cl. The molecule has 2 amide bonds. The number of carbonyl (C=O) groups excluding carboxylic acids is 1. The van der Waals surface area contributed by atoms with E-state index in [1.807, 2.05) is 0 Å². The van der Waals surface area contributed by atoms with E-state index in [0.717, 1.165) is 17.8 Å². The fraction of sp³-hybridized carbons (Fsp3) is 0.333. The first-order valence-corrected chi connectivity index (χ1v) is 7.55. The minimum atomic E-state index is -4.45.